The van der Waals surface area contributed by atoms with Crippen molar-refractivity contribution in [3.8, 4) is 11.3 Å². The molecule has 0 spiro atoms. The van der Waals surface area contributed by atoms with Gasteiger partial charge in [-0.2, -0.15) is 0 Å². The van der Waals surface area contributed by atoms with Crippen LogP contribution in [0.15, 0.2) is 36.8 Å². The monoisotopic (exact) mass is 323 g/mol. The van der Waals surface area contributed by atoms with Crippen LogP contribution in [0.1, 0.15) is 38.5 Å². The number of hydrogen-bond donors (Lipinski definition) is 1. The van der Waals surface area contributed by atoms with Crippen LogP contribution in [0.4, 0.5) is 5.95 Å². The molecule has 2 aromatic rings. The van der Waals surface area contributed by atoms with Crippen molar-refractivity contribution >= 4 is 5.95 Å². The molecule has 0 aromatic carbocycles. The molecule has 5 heteroatoms. The lowest BCUT2D eigenvalue weighted by molar-refractivity contribution is 0.135. The first-order chi connectivity index (χ1) is 11.9. The second-order valence-corrected chi connectivity index (χ2v) is 6.99. The Labute approximate surface area is 143 Å². The zero-order chi connectivity index (χ0) is 16.2. The standard InChI is InChI=1S/C19H25N5/c1-2-9-19(8-1,24-12-3-4-13-24)15-22-18-21-11-7-17(23-18)16-6-5-10-20-14-16/h5-7,10-11,14H,1-4,8-9,12-13,15H2,(H,21,22,23). The summed E-state index contributed by atoms with van der Waals surface area (Å²) in [7, 11) is 0. The number of hydrogen-bond acceptors (Lipinski definition) is 5. The Balaban J connectivity index is 1.49. The summed E-state index contributed by atoms with van der Waals surface area (Å²) < 4.78 is 0. The number of nitrogens with one attached hydrogen (secondary N) is 1. The third-order valence-corrected chi connectivity index (χ3v) is 5.50. The fourth-order valence-corrected chi connectivity index (χ4v) is 4.19. The van der Waals surface area contributed by atoms with E-state index in [1.165, 1.54) is 51.6 Å². The van der Waals surface area contributed by atoms with E-state index in [1.807, 2.05) is 30.6 Å². The molecule has 4 rings (SSSR count). The van der Waals surface area contributed by atoms with E-state index >= 15 is 0 Å². The highest BCUT2D eigenvalue weighted by molar-refractivity contribution is 5.58. The maximum atomic E-state index is 4.68. The molecule has 1 saturated carbocycles. The van der Waals surface area contributed by atoms with Gasteiger partial charge in [0.05, 0.1) is 5.69 Å². The molecule has 2 fully saturated rings. The Bertz CT molecular complexity index is 660. The van der Waals surface area contributed by atoms with Crippen molar-refractivity contribution in [1.82, 2.24) is 19.9 Å². The van der Waals surface area contributed by atoms with Gasteiger partial charge in [-0.3, -0.25) is 9.88 Å². The summed E-state index contributed by atoms with van der Waals surface area (Å²) >= 11 is 0. The summed E-state index contributed by atoms with van der Waals surface area (Å²) in [6.45, 7) is 3.44. The molecule has 0 atom stereocenters. The molecular formula is C19H25N5. The first-order valence-corrected chi connectivity index (χ1v) is 9.08. The van der Waals surface area contributed by atoms with Crippen molar-refractivity contribution in [2.24, 2.45) is 0 Å². The highest BCUT2D eigenvalue weighted by Gasteiger charge is 2.40. The molecule has 126 valence electrons. The number of anilines is 1. The van der Waals surface area contributed by atoms with Crippen molar-refractivity contribution < 1.29 is 0 Å². The van der Waals surface area contributed by atoms with Crippen LogP contribution in [-0.2, 0) is 0 Å². The third-order valence-electron chi connectivity index (χ3n) is 5.50. The van der Waals surface area contributed by atoms with E-state index < -0.39 is 0 Å². The van der Waals surface area contributed by atoms with E-state index in [2.05, 4.69) is 25.2 Å². The van der Waals surface area contributed by atoms with Crippen molar-refractivity contribution in [2.75, 3.05) is 25.0 Å². The zero-order valence-corrected chi connectivity index (χ0v) is 14.1. The summed E-state index contributed by atoms with van der Waals surface area (Å²) in [6.07, 6.45) is 13.4. The molecule has 5 nitrogen and oxygen atoms in total. The number of pyridine rings is 1. The Kier molecular flexibility index (Phi) is 4.43. The minimum Gasteiger partial charge on any atom is -0.352 e. The van der Waals surface area contributed by atoms with Crippen molar-refractivity contribution in [3.05, 3.63) is 36.8 Å². The minimum atomic E-state index is 0.310. The molecule has 0 radical (unpaired) electrons. The van der Waals surface area contributed by atoms with Gasteiger partial charge in [0, 0.05) is 36.2 Å². The summed E-state index contributed by atoms with van der Waals surface area (Å²) in [4.78, 5) is 16.0. The second-order valence-electron chi connectivity index (χ2n) is 6.99. The maximum Gasteiger partial charge on any atom is 0.223 e. The summed E-state index contributed by atoms with van der Waals surface area (Å²) in [5.74, 6) is 0.724. The van der Waals surface area contributed by atoms with Crippen LogP contribution in [0.25, 0.3) is 11.3 Å². The summed E-state index contributed by atoms with van der Waals surface area (Å²) in [5.41, 5.74) is 2.25. The first kappa shape index (κ1) is 15.5. The average molecular weight is 323 g/mol. The first-order valence-electron chi connectivity index (χ1n) is 9.08. The van der Waals surface area contributed by atoms with E-state index in [-0.39, 0.29) is 0 Å². The van der Waals surface area contributed by atoms with Gasteiger partial charge in [0.2, 0.25) is 5.95 Å². The Morgan fingerprint density at radius 1 is 1.04 bits per heavy atom. The topological polar surface area (TPSA) is 53.9 Å². The van der Waals surface area contributed by atoms with Gasteiger partial charge in [-0.25, -0.2) is 9.97 Å². The zero-order valence-electron chi connectivity index (χ0n) is 14.1. The summed E-state index contributed by atoms with van der Waals surface area (Å²) in [6, 6.07) is 5.90. The highest BCUT2D eigenvalue weighted by Crippen LogP contribution is 2.37. The maximum absolute atomic E-state index is 4.68. The van der Waals surface area contributed by atoms with Gasteiger partial charge in [0.15, 0.2) is 0 Å². The molecule has 3 heterocycles. The van der Waals surface area contributed by atoms with Crippen LogP contribution in [0.3, 0.4) is 0 Å². The quantitative estimate of drug-likeness (QED) is 0.914. The van der Waals surface area contributed by atoms with Crippen LogP contribution in [0.5, 0.6) is 0 Å². The van der Waals surface area contributed by atoms with E-state index in [0.29, 0.717) is 5.54 Å². The van der Waals surface area contributed by atoms with E-state index in [9.17, 15) is 0 Å². The highest BCUT2D eigenvalue weighted by atomic mass is 15.2. The molecular weight excluding hydrogens is 298 g/mol. The number of rotatable bonds is 5. The predicted octanol–water partition coefficient (Wildman–Crippen LogP) is 3.36. The average Bonchev–Trinajstić information content (AvgIpc) is 3.33. The predicted molar refractivity (Wildman–Crippen MR) is 95.8 cm³/mol. The van der Waals surface area contributed by atoms with Gasteiger partial charge in [0.25, 0.3) is 0 Å². The Hall–Kier alpha value is -2.01. The molecule has 1 aliphatic carbocycles. The van der Waals surface area contributed by atoms with Crippen LogP contribution in [0.2, 0.25) is 0 Å². The third kappa shape index (κ3) is 3.13. The van der Waals surface area contributed by atoms with Crippen molar-refractivity contribution in [1.29, 1.82) is 0 Å². The van der Waals surface area contributed by atoms with Gasteiger partial charge in [-0.1, -0.05) is 12.8 Å². The van der Waals surface area contributed by atoms with Gasteiger partial charge in [-0.15, -0.1) is 0 Å². The lowest BCUT2D eigenvalue weighted by Gasteiger charge is -2.39. The molecule has 24 heavy (non-hydrogen) atoms. The van der Waals surface area contributed by atoms with Gasteiger partial charge in [0.1, 0.15) is 0 Å². The van der Waals surface area contributed by atoms with Crippen LogP contribution >= 0.6 is 0 Å². The van der Waals surface area contributed by atoms with E-state index in [1.54, 1.807) is 6.20 Å². The Morgan fingerprint density at radius 2 is 1.88 bits per heavy atom. The van der Waals surface area contributed by atoms with Gasteiger partial charge < -0.3 is 5.32 Å². The van der Waals surface area contributed by atoms with Crippen molar-refractivity contribution in [3.63, 3.8) is 0 Å². The lowest BCUT2D eigenvalue weighted by Crippen LogP contribution is -2.50. The second kappa shape index (κ2) is 6.85. The SMILES string of the molecule is c1cncc(-c2ccnc(NCC3(N4CCCC4)CCCC3)n2)c1. The number of likely N-dealkylation sites (tertiary alicyclic amines) is 1. The van der Waals surface area contributed by atoms with E-state index in [0.717, 1.165) is 23.8 Å². The van der Waals surface area contributed by atoms with Crippen LogP contribution < -0.4 is 5.32 Å². The Morgan fingerprint density at radius 3 is 2.62 bits per heavy atom. The number of nitrogens with zero attached hydrogens (tertiary/aromatic N) is 4. The smallest absolute Gasteiger partial charge is 0.223 e. The normalized spacial score (nSPS) is 20.3. The minimum absolute atomic E-state index is 0.310. The van der Waals surface area contributed by atoms with Crippen LogP contribution in [0, 0.1) is 0 Å². The molecule has 1 N–H and O–H groups in total. The molecule has 2 aromatic heterocycles. The molecule has 0 unspecified atom stereocenters. The van der Waals surface area contributed by atoms with E-state index in [4.69, 9.17) is 0 Å². The van der Waals surface area contributed by atoms with Gasteiger partial charge in [-0.05, 0) is 57.0 Å². The summed E-state index contributed by atoms with van der Waals surface area (Å²) in [5, 5.41) is 3.53. The molecule has 1 saturated heterocycles. The van der Waals surface area contributed by atoms with Crippen molar-refractivity contribution in [2.45, 2.75) is 44.1 Å². The molecule has 2 aliphatic rings. The largest absolute Gasteiger partial charge is 0.352 e. The molecule has 0 amide bonds. The number of aromatic nitrogens is 3. The fraction of sp³-hybridized carbons (Fsp3) is 0.526. The lowest BCUT2D eigenvalue weighted by atomic mass is 9.95. The molecule has 1 aliphatic heterocycles. The van der Waals surface area contributed by atoms with Gasteiger partial charge >= 0.3 is 0 Å². The fourth-order valence-electron chi connectivity index (χ4n) is 4.19. The molecule has 0 bridgehead atoms. The van der Waals surface area contributed by atoms with Crippen LogP contribution in [-0.4, -0.2) is 45.0 Å².